The van der Waals surface area contributed by atoms with Crippen molar-refractivity contribution in [3.8, 4) is 0 Å². The third-order valence-electron chi connectivity index (χ3n) is 4.22. The molecule has 8 heteroatoms. The zero-order valence-electron chi connectivity index (χ0n) is 12.2. The fourth-order valence-electron chi connectivity index (χ4n) is 2.99. The van der Waals surface area contributed by atoms with E-state index in [0.29, 0.717) is 12.4 Å². The van der Waals surface area contributed by atoms with Crippen LogP contribution in [-0.2, 0) is 4.79 Å². The van der Waals surface area contributed by atoms with Gasteiger partial charge in [0.2, 0.25) is 5.91 Å². The Morgan fingerprint density at radius 3 is 2.95 bits per heavy atom. The number of hydrogen-bond donors (Lipinski definition) is 2. The molecule has 118 valence electrons. The number of aromatic nitrogens is 1. The van der Waals surface area contributed by atoms with Crippen molar-refractivity contribution < 1.29 is 9.72 Å². The van der Waals surface area contributed by atoms with E-state index in [1.807, 2.05) is 4.90 Å². The van der Waals surface area contributed by atoms with Gasteiger partial charge >= 0.3 is 0 Å². The topological polar surface area (TPSA) is 100 Å². The van der Waals surface area contributed by atoms with Gasteiger partial charge in [-0.2, -0.15) is 0 Å². The number of nitrogens with zero attached hydrogens (tertiary/aromatic N) is 3. The quantitative estimate of drug-likeness (QED) is 0.624. The van der Waals surface area contributed by atoms with E-state index in [-0.39, 0.29) is 23.6 Å². The SMILES string of the molecule is O=C(C1CCNC1)N1CCC(Nc2ccc([N+](=O)[O-])cn2)C1. The normalized spacial score (nSPS) is 24.5. The minimum absolute atomic E-state index is 0.0255. The molecule has 0 radical (unpaired) electrons. The Hall–Kier alpha value is -2.22. The summed E-state index contributed by atoms with van der Waals surface area (Å²) in [6.45, 7) is 3.10. The van der Waals surface area contributed by atoms with Gasteiger partial charge in [0.15, 0.2) is 0 Å². The molecule has 1 aromatic heterocycles. The third kappa shape index (κ3) is 3.16. The summed E-state index contributed by atoms with van der Waals surface area (Å²) in [6, 6.07) is 3.17. The Bertz CT molecular complexity index is 556. The molecule has 22 heavy (non-hydrogen) atoms. The average Bonchev–Trinajstić information content (AvgIpc) is 3.19. The molecule has 2 saturated heterocycles. The summed E-state index contributed by atoms with van der Waals surface area (Å²) in [6.07, 6.45) is 3.02. The van der Waals surface area contributed by atoms with E-state index in [1.165, 1.54) is 12.3 Å². The zero-order chi connectivity index (χ0) is 15.5. The van der Waals surface area contributed by atoms with E-state index < -0.39 is 4.92 Å². The Morgan fingerprint density at radius 2 is 2.32 bits per heavy atom. The summed E-state index contributed by atoms with van der Waals surface area (Å²) in [5.74, 6) is 0.939. The van der Waals surface area contributed by atoms with Gasteiger partial charge in [0.05, 0.1) is 10.8 Å². The highest BCUT2D eigenvalue weighted by Crippen LogP contribution is 2.20. The number of hydrogen-bond acceptors (Lipinski definition) is 6. The molecule has 3 rings (SSSR count). The summed E-state index contributed by atoms with van der Waals surface area (Å²) in [4.78, 5) is 28.4. The van der Waals surface area contributed by atoms with Gasteiger partial charge in [0.25, 0.3) is 5.69 Å². The van der Waals surface area contributed by atoms with E-state index >= 15 is 0 Å². The largest absolute Gasteiger partial charge is 0.365 e. The summed E-state index contributed by atoms with van der Waals surface area (Å²) in [5.41, 5.74) is -0.0255. The zero-order valence-corrected chi connectivity index (χ0v) is 12.2. The van der Waals surface area contributed by atoms with Crippen molar-refractivity contribution >= 4 is 17.4 Å². The van der Waals surface area contributed by atoms with E-state index in [2.05, 4.69) is 15.6 Å². The van der Waals surface area contributed by atoms with Crippen LogP contribution in [0.4, 0.5) is 11.5 Å². The van der Waals surface area contributed by atoms with Crippen LogP contribution in [0, 0.1) is 16.0 Å². The summed E-state index contributed by atoms with van der Waals surface area (Å²) in [5, 5.41) is 17.0. The van der Waals surface area contributed by atoms with Gasteiger partial charge in [0.1, 0.15) is 12.0 Å². The molecule has 0 saturated carbocycles. The maximum absolute atomic E-state index is 12.3. The van der Waals surface area contributed by atoms with Crippen molar-refractivity contribution in [2.45, 2.75) is 18.9 Å². The average molecular weight is 305 g/mol. The lowest BCUT2D eigenvalue weighted by molar-refractivity contribution is -0.385. The molecule has 2 fully saturated rings. The number of carbonyl (C=O) groups excluding carboxylic acids is 1. The molecule has 0 spiro atoms. The molecule has 3 heterocycles. The Labute approximate surface area is 128 Å². The second-order valence-electron chi connectivity index (χ2n) is 5.76. The molecular formula is C14H19N5O3. The highest BCUT2D eigenvalue weighted by Gasteiger charge is 2.32. The first-order valence-corrected chi connectivity index (χ1v) is 7.50. The highest BCUT2D eigenvalue weighted by atomic mass is 16.6. The lowest BCUT2D eigenvalue weighted by Crippen LogP contribution is -2.36. The molecule has 1 amide bonds. The summed E-state index contributed by atoms with van der Waals surface area (Å²) in [7, 11) is 0. The van der Waals surface area contributed by atoms with Gasteiger partial charge in [-0.1, -0.05) is 0 Å². The third-order valence-corrected chi connectivity index (χ3v) is 4.22. The first kappa shape index (κ1) is 14.7. The fourth-order valence-corrected chi connectivity index (χ4v) is 2.99. The monoisotopic (exact) mass is 305 g/mol. The van der Waals surface area contributed by atoms with E-state index in [1.54, 1.807) is 6.07 Å². The number of amides is 1. The van der Waals surface area contributed by atoms with Crippen LogP contribution in [0.15, 0.2) is 18.3 Å². The van der Waals surface area contributed by atoms with Crippen LogP contribution >= 0.6 is 0 Å². The number of nitrogens with one attached hydrogen (secondary N) is 2. The summed E-state index contributed by atoms with van der Waals surface area (Å²) < 4.78 is 0. The molecule has 2 atom stereocenters. The van der Waals surface area contributed by atoms with E-state index in [9.17, 15) is 14.9 Å². The number of likely N-dealkylation sites (tertiary alicyclic amines) is 1. The first-order chi connectivity index (χ1) is 10.6. The van der Waals surface area contributed by atoms with Crippen molar-refractivity contribution in [2.24, 2.45) is 5.92 Å². The van der Waals surface area contributed by atoms with Crippen LogP contribution in [0.25, 0.3) is 0 Å². The maximum Gasteiger partial charge on any atom is 0.287 e. The van der Waals surface area contributed by atoms with Crippen molar-refractivity contribution in [2.75, 3.05) is 31.5 Å². The second-order valence-corrected chi connectivity index (χ2v) is 5.76. The first-order valence-electron chi connectivity index (χ1n) is 7.50. The number of anilines is 1. The minimum Gasteiger partial charge on any atom is -0.365 e. The molecule has 2 N–H and O–H groups in total. The predicted octanol–water partition coefficient (Wildman–Crippen LogP) is 0.612. The van der Waals surface area contributed by atoms with Gasteiger partial charge in [-0.05, 0) is 25.5 Å². The molecule has 2 unspecified atom stereocenters. The molecule has 0 bridgehead atoms. The standard InChI is InChI=1S/C14H19N5O3/c20-14(10-3-5-15-7-10)18-6-4-11(9-18)17-13-2-1-12(8-16-13)19(21)22/h1-2,8,10-11,15H,3-7,9H2,(H,16,17). The van der Waals surface area contributed by atoms with Gasteiger partial charge < -0.3 is 15.5 Å². The van der Waals surface area contributed by atoms with Gasteiger partial charge in [-0.3, -0.25) is 14.9 Å². The predicted molar refractivity (Wildman–Crippen MR) is 80.5 cm³/mol. The molecule has 8 nitrogen and oxygen atoms in total. The highest BCUT2D eigenvalue weighted by molar-refractivity contribution is 5.79. The molecule has 1 aromatic rings. The van der Waals surface area contributed by atoms with Crippen molar-refractivity contribution in [1.82, 2.24) is 15.2 Å². The fraction of sp³-hybridized carbons (Fsp3) is 0.571. The van der Waals surface area contributed by atoms with Crippen LogP contribution in [-0.4, -0.2) is 52.9 Å². The maximum atomic E-state index is 12.3. The van der Waals surface area contributed by atoms with E-state index in [0.717, 1.165) is 32.5 Å². The molecular weight excluding hydrogens is 286 g/mol. The van der Waals surface area contributed by atoms with Crippen molar-refractivity contribution in [3.05, 3.63) is 28.4 Å². The van der Waals surface area contributed by atoms with Crippen molar-refractivity contribution in [3.63, 3.8) is 0 Å². The number of rotatable bonds is 4. The number of carbonyl (C=O) groups is 1. The van der Waals surface area contributed by atoms with Crippen LogP contribution in [0.5, 0.6) is 0 Å². The van der Waals surface area contributed by atoms with Crippen LogP contribution in [0.3, 0.4) is 0 Å². The van der Waals surface area contributed by atoms with Crippen LogP contribution in [0.1, 0.15) is 12.8 Å². The molecule has 0 aliphatic carbocycles. The van der Waals surface area contributed by atoms with Gasteiger partial charge in [0, 0.05) is 31.7 Å². The van der Waals surface area contributed by atoms with Crippen molar-refractivity contribution in [1.29, 1.82) is 0 Å². The van der Waals surface area contributed by atoms with Gasteiger partial charge in [-0.15, -0.1) is 0 Å². The van der Waals surface area contributed by atoms with Crippen LogP contribution < -0.4 is 10.6 Å². The van der Waals surface area contributed by atoms with Crippen LogP contribution in [0.2, 0.25) is 0 Å². The molecule has 0 aromatic carbocycles. The molecule has 2 aliphatic heterocycles. The smallest absolute Gasteiger partial charge is 0.287 e. The summed E-state index contributed by atoms with van der Waals surface area (Å²) >= 11 is 0. The number of nitro groups is 1. The Balaban J connectivity index is 1.54. The van der Waals surface area contributed by atoms with Gasteiger partial charge in [-0.25, -0.2) is 4.98 Å². The Kier molecular flexibility index (Phi) is 4.19. The minimum atomic E-state index is -0.470. The number of pyridine rings is 1. The Morgan fingerprint density at radius 1 is 1.45 bits per heavy atom. The van der Waals surface area contributed by atoms with E-state index in [4.69, 9.17) is 0 Å². The lowest BCUT2D eigenvalue weighted by atomic mass is 10.1. The lowest BCUT2D eigenvalue weighted by Gasteiger charge is -2.20. The molecule has 2 aliphatic rings. The second kappa shape index (κ2) is 6.27.